The summed E-state index contributed by atoms with van der Waals surface area (Å²) in [5, 5.41) is 13.4. The molecule has 2 N–H and O–H groups in total. The van der Waals surface area contributed by atoms with E-state index in [0.717, 1.165) is 0 Å². The minimum Gasteiger partial charge on any atom is -0.497 e. The van der Waals surface area contributed by atoms with Crippen molar-refractivity contribution in [1.29, 1.82) is 0 Å². The number of halogens is 1. The number of hydrogen-bond acceptors (Lipinski definition) is 6. The van der Waals surface area contributed by atoms with Crippen molar-refractivity contribution < 1.29 is 18.7 Å². The molecule has 3 aromatic rings. The number of hydrogen-bond donors (Lipinski definition) is 2. The SMILES string of the molecule is COc1ccc(OC)c(Nc2ccc(C(=O)Nc3ccccc3F)nn2)c1. The number of aromatic nitrogens is 2. The first kappa shape index (κ1) is 18.1. The van der Waals surface area contributed by atoms with Gasteiger partial charge in [-0.1, -0.05) is 12.1 Å². The maximum Gasteiger partial charge on any atom is 0.276 e. The molecule has 0 fully saturated rings. The Morgan fingerprint density at radius 1 is 0.963 bits per heavy atom. The molecule has 1 amide bonds. The van der Waals surface area contributed by atoms with Gasteiger partial charge in [0.25, 0.3) is 5.91 Å². The summed E-state index contributed by atoms with van der Waals surface area (Å²) in [5.74, 6) is 0.565. The number of rotatable bonds is 6. The van der Waals surface area contributed by atoms with Gasteiger partial charge in [0.2, 0.25) is 0 Å². The molecule has 0 saturated heterocycles. The summed E-state index contributed by atoms with van der Waals surface area (Å²) in [6, 6.07) is 14.2. The fraction of sp³-hybridized carbons (Fsp3) is 0.105. The molecule has 1 aromatic heterocycles. The van der Waals surface area contributed by atoms with Crippen LogP contribution in [-0.2, 0) is 0 Å². The van der Waals surface area contributed by atoms with E-state index in [1.165, 1.54) is 24.3 Å². The molecule has 1 heterocycles. The van der Waals surface area contributed by atoms with Crippen LogP contribution < -0.4 is 20.1 Å². The molecular formula is C19H17FN4O3. The van der Waals surface area contributed by atoms with Crippen LogP contribution in [0.5, 0.6) is 11.5 Å². The lowest BCUT2D eigenvalue weighted by molar-refractivity contribution is 0.102. The Morgan fingerprint density at radius 3 is 2.44 bits per heavy atom. The van der Waals surface area contributed by atoms with E-state index in [9.17, 15) is 9.18 Å². The normalized spacial score (nSPS) is 10.2. The van der Waals surface area contributed by atoms with E-state index in [4.69, 9.17) is 9.47 Å². The molecule has 2 aromatic carbocycles. The van der Waals surface area contributed by atoms with E-state index >= 15 is 0 Å². The van der Waals surface area contributed by atoms with Gasteiger partial charge in [-0.3, -0.25) is 4.79 Å². The highest BCUT2D eigenvalue weighted by Crippen LogP contribution is 2.30. The Balaban J connectivity index is 1.74. The maximum atomic E-state index is 13.6. The van der Waals surface area contributed by atoms with E-state index < -0.39 is 11.7 Å². The van der Waals surface area contributed by atoms with Crippen molar-refractivity contribution in [3.05, 3.63) is 66.1 Å². The summed E-state index contributed by atoms with van der Waals surface area (Å²) in [4.78, 5) is 12.2. The van der Waals surface area contributed by atoms with Crippen LogP contribution in [-0.4, -0.2) is 30.3 Å². The van der Waals surface area contributed by atoms with Crippen molar-refractivity contribution in [3.63, 3.8) is 0 Å². The average Bonchev–Trinajstić information content (AvgIpc) is 2.70. The molecule has 0 unspecified atom stereocenters. The van der Waals surface area contributed by atoms with E-state index in [1.54, 1.807) is 44.6 Å². The van der Waals surface area contributed by atoms with Crippen LogP contribution in [0.15, 0.2) is 54.6 Å². The number of para-hydroxylation sites is 1. The van der Waals surface area contributed by atoms with Crippen LogP contribution in [0, 0.1) is 5.82 Å². The molecule has 0 spiro atoms. The second-order valence-corrected chi connectivity index (χ2v) is 5.43. The van der Waals surface area contributed by atoms with Crippen molar-refractivity contribution in [2.24, 2.45) is 0 Å². The molecule has 8 heteroatoms. The first-order valence-electron chi connectivity index (χ1n) is 7.99. The average molecular weight is 368 g/mol. The van der Waals surface area contributed by atoms with Gasteiger partial charge in [-0.05, 0) is 36.4 Å². The second kappa shape index (κ2) is 8.13. The minimum absolute atomic E-state index is 0.0569. The topological polar surface area (TPSA) is 85.4 Å². The highest BCUT2D eigenvalue weighted by molar-refractivity contribution is 6.02. The lowest BCUT2D eigenvalue weighted by Gasteiger charge is -2.12. The Labute approximate surface area is 155 Å². The lowest BCUT2D eigenvalue weighted by Crippen LogP contribution is -2.15. The number of carbonyl (C=O) groups is 1. The molecule has 27 heavy (non-hydrogen) atoms. The smallest absolute Gasteiger partial charge is 0.276 e. The van der Waals surface area contributed by atoms with Gasteiger partial charge >= 0.3 is 0 Å². The zero-order chi connectivity index (χ0) is 19.2. The van der Waals surface area contributed by atoms with Gasteiger partial charge in [0, 0.05) is 6.07 Å². The van der Waals surface area contributed by atoms with Gasteiger partial charge in [0.05, 0.1) is 25.6 Å². The predicted octanol–water partition coefficient (Wildman–Crippen LogP) is 3.63. The highest BCUT2D eigenvalue weighted by atomic mass is 19.1. The maximum absolute atomic E-state index is 13.6. The zero-order valence-corrected chi connectivity index (χ0v) is 14.7. The Bertz CT molecular complexity index is 948. The lowest BCUT2D eigenvalue weighted by atomic mass is 10.2. The summed E-state index contributed by atoms with van der Waals surface area (Å²) in [6.45, 7) is 0. The number of amides is 1. The molecular weight excluding hydrogens is 351 g/mol. The van der Waals surface area contributed by atoms with E-state index in [1.807, 2.05) is 0 Å². The van der Waals surface area contributed by atoms with Crippen LogP contribution >= 0.6 is 0 Å². The molecule has 0 aliphatic heterocycles. The Kier molecular flexibility index (Phi) is 5.46. The largest absolute Gasteiger partial charge is 0.497 e. The standard InChI is InChI=1S/C19H17FN4O3/c1-26-12-7-9-17(27-2)16(11-12)21-18-10-8-15(23-24-18)19(25)22-14-6-4-3-5-13(14)20/h3-11H,1-2H3,(H,21,24)(H,22,25). The summed E-state index contributed by atoms with van der Waals surface area (Å²) < 4.78 is 24.1. The summed E-state index contributed by atoms with van der Waals surface area (Å²) in [5.41, 5.74) is 0.767. The van der Waals surface area contributed by atoms with E-state index in [-0.39, 0.29) is 11.4 Å². The highest BCUT2D eigenvalue weighted by Gasteiger charge is 2.12. The van der Waals surface area contributed by atoms with Crippen molar-refractivity contribution in [3.8, 4) is 11.5 Å². The van der Waals surface area contributed by atoms with E-state index in [0.29, 0.717) is 23.0 Å². The monoisotopic (exact) mass is 368 g/mol. The second-order valence-electron chi connectivity index (χ2n) is 5.43. The van der Waals surface area contributed by atoms with Gasteiger partial charge in [-0.25, -0.2) is 4.39 Å². The van der Waals surface area contributed by atoms with Gasteiger partial charge < -0.3 is 20.1 Å². The minimum atomic E-state index is -0.557. The number of nitrogens with zero attached hydrogens (tertiary/aromatic N) is 2. The molecule has 0 bridgehead atoms. The van der Waals surface area contributed by atoms with Crippen molar-refractivity contribution in [1.82, 2.24) is 10.2 Å². The zero-order valence-electron chi connectivity index (χ0n) is 14.7. The molecule has 3 rings (SSSR count). The molecule has 7 nitrogen and oxygen atoms in total. The summed E-state index contributed by atoms with van der Waals surface area (Å²) in [6.07, 6.45) is 0. The number of methoxy groups -OCH3 is 2. The molecule has 0 aliphatic rings. The molecule has 0 radical (unpaired) electrons. The fourth-order valence-corrected chi connectivity index (χ4v) is 2.32. The van der Waals surface area contributed by atoms with Crippen LogP contribution in [0.4, 0.5) is 21.6 Å². The first-order valence-corrected chi connectivity index (χ1v) is 7.99. The number of carbonyl (C=O) groups excluding carboxylic acids is 1. The molecule has 0 aliphatic carbocycles. The van der Waals surface area contributed by atoms with Gasteiger partial charge in [0.1, 0.15) is 17.3 Å². The first-order chi connectivity index (χ1) is 13.1. The van der Waals surface area contributed by atoms with Crippen molar-refractivity contribution in [2.45, 2.75) is 0 Å². The number of nitrogens with one attached hydrogen (secondary N) is 2. The Hall–Kier alpha value is -3.68. The van der Waals surface area contributed by atoms with Crippen LogP contribution in [0.1, 0.15) is 10.5 Å². The third-order valence-corrected chi connectivity index (χ3v) is 3.69. The number of benzene rings is 2. The number of ether oxygens (including phenoxy) is 2. The quantitative estimate of drug-likeness (QED) is 0.691. The van der Waals surface area contributed by atoms with Gasteiger partial charge in [0.15, 0.2) is 11.5 Å². The third kappa shape index (κ3) is 4.30. The third-order valence-electron chi connectivity index (χ3n) is 3.69. The predicted molar refractivity (Wildman–Crippen MR) is 99.2 cm³/mol. The summed E-state index contributed by atoms with van der Waals surface area (Å²) in [7, 11) is 3.11. The molecule has 0 saturated carbocycles. The van der Waals surface area contributed by atoms with Gasteiger partial charge in [-0.15, -0.1) is 10.2 Å². The van der Waals surface area contributed by atoms with Gasteiger partial charge in [-0.2, -0.15) is 0 Å². The summed E-state index contributed by atoms with van der Waals surface area (Å²) >= 11 is 0. The van der Waals surface area contributed by atoms with Crippen LogP contribution in [0.3, 0.4) is 0 Å². The van der Waals surface area contributed by atoms with E-state index in [2.05, 4.69) is 20.8 Å². The molecule has 138 valence electrons. The van der Waals surface area contributed by atoms with Crippen molar-refractivity contribution >= 4 is 23.1 Å². The Morgan fingerprint density at radius 2 is 1.78 bits per heavy atom. The fourth-order valence-electron chi connectivity index (χ4n) is 2.32. The van der Waals surface area contributed by atoms with Crippen molar-refractivity contribution in [2.75, 3.05) is 24.9 Å². The van der Waals surface area contributed by atoms with Crippen LogP contribution in [0.25, 0.3) is 0 Å². The number of anilines is 3. The molecule has 0 atom stereocenters. The van der Waals surface area contributed by atoms with Crippen LogP contribution in [0.2, 0.25) is 0 Å².